The van der Waals surface area contributed by atoms with Crippen LogP contribution in [0.25, 0.3) is 0 Å². The van der Waals surface area contributed by atoms with Crippen LogP contribution in [0.1, 0.15) is 45.9 Å². The molecule has 214 valence electrons. The minimum Gasteiger partial charge on any atom is -0.368 e. The molecule has 0 spiro atoms. The van der Waals surface area contributed by atoms with Crippen LogP contribution in [0, 0.1) is 0 Å². The number of rotatable bonds is 13. The summed E-state index contributed by atoms with van der Waals surface area (Å²) in [7, 11) is -4.97. The molecule has 0 aliphatic carbocycles. The van der Waals surface area contributed by atoms with Crippen LogP contribution in [0.5, 0.6) is 0 Å². The van der Waals surface area contributed by atoms with Crippen molar-refractivity contribution in [2.45, 2.75) is 70.8 Å². The number of aromatic nitrogens is 2. The molecule has 7 N–H and O–H groups in total. The molecule has 1 aromatic carbocycles. The van der Waals surface area contributed by atoms with E-state index in [-0.39, 0.29) is 6.42 Å². The maximum atomic E-state index is 13.1. The van der Waals surface area contributed by atoms with Crippen LogP contribution in [0.15, 0.2) is 42.9 Å². The number of phosphoric ester groups is 1. The highest BCUT2D eigenvalue weighted by atomic mass is 31.2. The summed E-state index contributed by atoms with van der Waals surface area (Å²) in [6.07, 6.45) is 1.80. The van der Waals surface area contributed by atoms with Gasteiger partial charge >= 0.3 is 7.82 Å². The van der Waals surface area contributed by atoms with Gasteiger partial charge < -0.3 is 36.0 Å². The van der Waals surface area contributed by atoms with Crippen LogP contribution >= 0.6 is 7.82 Å². The molecule has 39 heavy (non-hydrogen) atoms. The summed E-state index contributed by atoms with van der Waals surface area (Å²) >= 11 is 0. The van der Waals surface area contributed by atoms with Crippen LogP contribution in [0.3, 0.4) is 0 Å². The Morgan fingerprint density at radius 1 is 1.08 bits per heavy atom. The van der Waals surface area contributed by atoms with Crippen molar-refractivity contribution in [1.29, 1.82) is 0 Å². The molecular formula is C24H35N6O8P. The molecular weight excluding hydrogens is 531 g/mol. The summed E-state index contributed by atoms with van der Waals surface area (Å²) in [6, 6.07) is 5.77. The lowest BCUT2D eigenvalue weighted by Crippen LogP contribution is -2.58. The van der Waals surface area contributed by atoms with E-state index >= 15 is 0 Å². The first kappa shape index (κ1) is 31.6. The average molecular weight is 567 g/mol. The lowest BCUT2D eigenvalue weighted by atomic mass is 9.93. The van der Waals surface area contributed by atoms with Gasteiger partial charge in [0.15, 0.2) is 0 Å². The van der Waals surface area contributed by atoms with Gasteiger partial charge in [0.2, 0.25) is 23.6 Å². The van der Waals surface area contributed by atoms with Crippen molar-refractivity contribution in [2.75, 3.05) is 0 Å². The van der Waals surface area contributed by atoms with Gasteiger partial charge in [-0.25, -0.2) is 9.55 Å². The van der Waals surface area contributed by atoms with Crippen molar-refractivity contribution in [1.82, 2.24) is 25.5 Å². The first-order chi connectivity index (χ1) is 18.0. The Balaban J connectivity index is 2.18. The zero-order valence-corrected chi connectivity index (χ0v) is 23.2. The third-order valence-corrected chi connectivity index (χ3v) is 6.64. The van der Waals surface area contributed by atoms with E-state index in [1.165, 1.54) is 13.8 Å². The van der Waals surface area contributed by atoms with Gasteiger partial charge in [0.05, 0.1) is 18.0 Å². The Morgan fingerprint density at radius 3 is 2.23 bits per heavy atom. The number of hydrogen-bond acceptors (Lipinski definition) is 7. The quantitative estimate of drug-likeness (QED) is 0.175. The van der Waals surface area contributed by atoms with Crippen molar-refractivity contribution in [2.24, 2.45) is 5.73 Å². The maximum Gasteiger partial charge on any atom is 0.469 e. The number of primary amides is 1. The summed E-state index contributed by atoms with van der Waals surface area (Å²) in [4.78, 5) is 71.7. The van der Waals surface area contributed by atoms with E-state index in [2.05, 4.69) is 25.5 Å². The molecule has 0 aliphatic rings. The Labute approximate surface area is 225 Å². The second kappa shape index (κ2) is 13.0. The normalized spacial score (nSPS) is 14.9. The van der Waals surface area contributed by atoms with Crippen LogP contribution in [-0.2, 0) is 40.2 Å². The molecule has 14 nitrogen and oxygen atoms in total. The lowest BCUT2D eigenvalue weighted by molar-refractivity contribution is -0.133. The van der Waals surface area contributed by atoms with Gasteiger partial charge in [0, 0.05) is 25.2 Å². The fraction of sp³-hybridized carbons (Fsp3) is 0.458. The number of nitrogens with two attached hydrogens (primary N) is 1. The highest BCUT2D eigenvalue weighted by Gasteiger charge is 2.33. The summed E-state index contributed by atoms with van der Waals surface area (Å²) < 4.78 is 17.4. The van der Waals surface area contributed by atoms with Gasteiger partial charge in [-0.15, -0.1) is 0 Å². The summed E-state index contributed by atoms with van der Waals surface area (Å²) in [6.45, 7) is 7.69. The lowest BCUT2D eigenvalue weighted by Gasteiger charge is -2.30. The molecule has 0 saturated carbocycles. The second-order valence-corrected chi connectivity index (χ2v) is 10.7. The van der Waals surface area contributed by atoms with Crippen molar-refractivity contribution < 1.29 is 38.1 Å². The number of nitrogens with one attached hydrogen (secondary N) is 3. The average Bonchev–Trinajstić information content (AvgIpc) is 3.29. The fourth-order valence-corrected chi connectivity index (χ4v) is 4.54. The van der Waals surface area contributed by atoms with Crippen LogP contribution in [0.2, 0.25) is 0 Å². The van der Waals surface area contributed by atoms with Crippen LogP contribution < -0.4 is 21.7 Å². The molecule has 15 heteroatoms. The van der Waals surface area contributed by atoms with E-state index < -0.39 is 61.2 Å². The predicted octanol–water partition coefficient (Wildman–Crippen LogP) is -0.314. The standard InChI is InChI=1S/C24H35N6O8P/c1-14(22(33)29-20(21(25)32)15(2)38-39(35,36)37)27-23(34)19(28-16(3)31)11-18-12-26-13-30(18)24(4,5)17-9-7-6-8-10-17/h6-10,12-15,19-20H,11H2,1-5H3,(H2,25,32)(H,27,34)(H,28,31)(H,29,33)(H2,35,36,37). The molecule has 1 heterocycles. The summed E-state index contributed by atoms with van der Waals surface area (Å²) in [5, 5.41) is 7.27. The molecule has 0 radical (unpaired) electrons. The molecule has 2 aromatic rings. The summed E-state index contributed by atoms with van der Waals surface area (Å²) in [5.74, 6) is -3.13. The molecule has 4 amide bonds. The number of carbonyl (C=O) groups is 4. The Kier molecular flexibility index (Phi) is 10.5. The van der Waals surface area contributed by atoms with Crippen molar-refractivity contribution >= 4 is 31.5 Å². The van der Waals surface area contributed by atoms with Gasteiger partial charge in [0.25, 0.3) is 0 Å². The monoisotopic (exact) mass is 566 g/mol. The molecule has 1 aromatic heterocycles. The summed E-state index contributed by atoms with van der Waals surface area (Å²) in [5.41, 5.74) is 6.35. The Morgan fingerprint density at radius 2 is 1.69 bits per heavy atom. The van der Waals surface area contributed by atoms with E-state index in [1.54, 1.807) is 12.5 Å². The van der Waals surface area contributed by atoms with Crippen LogP contribution in [0.4, 0.5) is 0 Å². The third-order valence-electron chi connectivity index (χ3n) is 6.03. The smallest absolute Gasteiger partial charge is 0.368 e. The molecule has 4 unspecified atom stereocenters. The maximum absolute atomic E-state index is 13.1. The van der Waals surface area contributed by atoms with Gasteiger partial charge in [-0.05, 0) is 33.3 Å². The number of carbonyl (C=O) groups excluding carboxylic acids is 4. The number of phosphoric acid groups is 1. The Hall–Kier alpha value is -3.58. The number of benzene rings is 1. The van der Waals surface area contributed by atoms with E-state index in [0.717, 1.165) is 12.5 Å². The highest BCUT2D eigenvalue weighted by Crippen LogP contribution is 2.38. The van der Waals surface area contributed by atoms with Gasteiger partial charge in [-0.3, -0.25) is 23.7 Å². The van der Waals surface area contributed by atoms with Gasteiger partial charge in [-0.1, -0.05) is 30.3 Å². The number of imidazole rings is 1. The first-order valence-electron chi connectivity index (χ1n) is 12.0. The van der Waals surface area contributed by atoms with E-state index in [9.17, 15) is 23.7 Å². The van der Waals surface area contributed by atoms with E-state index in [4.69, 9.17) is 15.5 Å². The number of hydrogen-bond donors (Lipinski definition) is 6. The highest BCUT2D eigenvalue weighted by molar-refractivity contribution is 7.46. The van der Waals surface area contributed by atoms with Gasteiger partial charge in [-0.2, -0.15) is 0 Å². The topological polar surface area (TPSA) is 215 Å². The SMILES string of the molecule is CC(=O)NC(Cc1cncn1C(C)(C)c1ccccc1)C(=O)NC(C)C(=O)NC(C(N)=O)C(C)OP(=O)(O)O. The molecule has 0 bridgehead atoms. The second-order valence-electron chi connectivity index (χ2n) is 9.56. The van der Waals surface area contributed by atoms with Crippen molar-refractivity contribution in [3.63, 3.8) is 0 Å². The van der Waals surface area contributed by atoms with E-state index in [1.807, 2.05) is 48.7 Å². The molecule has 4 atom stereocenters. The minimum atomic E-state index is -4.97. The first-order valence-corrected chi connectivity index (χ1v) is 13.5. The fourth-order valence-electron chi connectivity index (χ4n) is 3.98. The third kappa shape index (κ3) is 8.99. The molecule has 2 rings (SSSR count). The van der Waals surface area contributed by atoms with Crippen molar-refractivity contribution in [3.8, 4) is 0 Å². The Bertz CT molecular complexity index is 1230. The minimum absolute atomic E-state index is 0.0487. The van der Waals surface area contributed by atoms with Crippen LogP contribution in [-0.4, -0.2) is 67.2 Å². The van der Waals surface area contributed by atoms with Gasteiger partial charge in [0.1, 0.15) is 18.1 Å². The predicted molar refractivity (Wildman–Crippen MR) is 140 cm³/mol. The zero-order chi connectivity index (χ0) is 29.5. The molecule has 0 saturated heterocycles. The van der Waals surface area contributed by atoms with Crippen molar-refractivity contribution in [3.05, 3.63) is 54.1 Å². The van der Waals surface area contributed by atoms with E-state index in [0.29, 0.717) is 5.69 Å². The zero-order valence-electron chi connectivity index (χ0n) is 22.3. The largest absolute Gasteiger partial charge is 0.469 e. The number of nitrogens with zero attached hydrogens (tertiary/aromatic N) is 2. The molecule has 0 fully saturated rings. The number of amides is 4. The molecule has 0 aliphatic heterocycles.